The molecule has 0 amide bonds. The summed E-state index contributed by atoms with van der Waals surface area (Å²) < 4.78 is 19.2. The maximum Gasteiger partial charge on any atom is 0.305 e. The van der Waals surface area contributed by atoms with Crippen molar-refractivity contribution in [2.24, 2.45) is 0 Å². The van der Waals surface area contributed by atoms with E-state index in [-0.39, 0.29) is 5.75 Å². The van der Waals surface area contributed by atoms with E-state index < -0.39 is 16.4 Å². The fraction of sp³-hybridized carbons (Fsp3) is 0.200. The predicted octanol–water partition coefficient (Wildman–Crippen LogP) is 3.55. The molecule has 110 valence electrons. The summed E-state index contributed by atoms with van der Waals surface area (Å²) in [5.41, 5.74) is 1.36. The molecule has 0 bridgehead atoms. The molecule has 2 aromatic carbocycles. The number of nitro benzene ring substituents is 1. The van der Waals surface area contributed by atoms with Crippen molar-refractivity contribution in [3.8, 4) is 11.5 Å². The molecule has 0 aromatic heterocycles. The summed E-state index contributed by atoms with van der Waals surface area (Å²) in [4.78, 5) is 9.81. The number of rotatable bonds is 5. The molecule has 0 aliphatic carbocycles. The first kappa shape index (κ1) is 14.9. The van der Waals surface area contributed by atoms with Gasteiger partial charge in [0, 0.05) is 18.7 Å². The highest BCUT2D eigenvalue weighted by atomic mass is 19.1. The molecular weight excluding hydrogens is 275 g/mol. The lowest BCUT2D eigenvalue weighted by Gasteiger charge is -2.11. The number of benzene rings is 2. The molecule has 0 atom stereocenters. The van der Waals surface area contributed by atoms with E-state index in [1.807, 2.05) is 32.2 Å². The first-order chi connectivity index (χ1) is 10.0. The second-order valence-electron chi connectivity index (χ2n) is 4.60. The molecule has 0 aliphatic rings. The summed E-state index contributed by atoms with van der Waals surface area (Å²) in [7, 11) is 1.84. The fourth-order valence-electron chi connectivity index (χ4n) is 1.89. The Morgan fingerprint density at radius 2 is 2.05 bits per heavy atom. The minimum absolute atomic E-state index is 0.225. The molecule has 1 N–H and O–H groups in total. The number of nitro groups is 1. The molecule has 2 rings (SSSR count). The van der Waals surface area contributed by atoms with Gasteiger partial charge in [-0.05, 0) is 37.2 Å². The van der Waals surface area contributed by atoms with Crippen molar-refractivity contribution in [3.05, 3.63) is 63.5 Å². The van der Waals surface area contributed by atoms with Crippen LogP contribution in [0.25, 0.3) is 0 Å². The summed E-state index contributed by atoms with van der Waals surface area (Å²) in [5, 5.41) is 13.6. The Morgan fingerprint density at radius 1 is 1.29 bits per heavy atom. The number of aryl methyl sites for hydroxylation is 1. The molecule has 0 heterocycles. The maximum atomic E-state index is 13.6. The van der Waals surface area contributed by atoms with Gasteiger partial charge >= 0.3 is 5.69 Å². The van der Waals surface area contributed by atoms with Gasteiger partial charge in [-0.2, -0.15) is 4.39 Å². The topological polar surface area (TPSA) is 64.4 Å². The van der Waals surface area contributed by atoms with Crippen LogP contribution in [0.15, 0.2) is 36.4 Å². The van der Waals surface area contributed by atoms with E-state index in [1.54, 1.807) is 0 Å². The summed E-state index contributed by atoms with van der Waals surface area (Å²) in [5.74, 6) is -0.0969. The Labute approximate surface area is 121 Å². The average Bonchev–Trinajstić information content (AvgIpc) is 2.42. The van der Waals surface area contributed by atoms with Crippen LogP contribution in [0.2, 0.25) is 0 Å². The third-order valence-corrected chi connectivity index (χ3v) is 2.98. The number of hydrogen-bond acceptors (Lipinski definition) is 4. The Bertz CT molecular complexity index is 674. The highest BCUT2D eigenvalue weighted by Crippen LogP contribution is 2.29. The van der Waals surface area contributed by atoms with Crippen LogP contribution in [-0.2, 0) is 6.54 Å². The smallest absolute Gasteiger partial charge is 0.305 e. The molecule has 21 heavy (non-hydrogen) atoms. The van der Waals surface area contributed by atoms with Gasteiger partial charge < -0.3 is 10.1 Å². The molecule has 0 aliphatic heterocycles. The van der Waals surface area contributed by atoms with Crippen LogP contribution in [-0.4, -0.2) is 12.0 Å². The molecule has 6 heteroatoms. The van der Waals surface area contributed by atoms with E-state index in [0.717, 1.165) is 23.3 Å². The van der Waals surface area contributed by atoms with Crippen LogP contribution >= 0.6 is 0 Å². The van der Waals surface area contributed by atoms with Crippen molar-refractivity contribution in [2.45, 2.75) is 13.5 Å². The summed E-state index contributed by atoms with van der Waals surface area (Å²) in [6.07, 6.45) is 0. The van der Waals surface area contributed by atoms with Crippen LogP contribution in [0.4, 0.5) is 10.1 Å². The maximum absolute atomic E-state index is 13.6. The third-order valence-electron chi connectivity index (χ3n) is 2.98. The van der Waals surface area contributed by atoms with Gasteiger partial charge in [0.05, 0.1) is 4.92 Å². The molecule has 0 saturated carbocycles. The molecule has 0 saturated heterocycles. The molecule has 5 nitrogen and oxygen atoms in total. The Morgan fingerprint density at radius 3 is 2.67 bits per heavy atom. The number of nitrogens with one attached hydrogen (secondary N) is 1. The predicted molar refractivity (Wildman–Crippen MR) is 77.1 cm³/mol. The van der Waals surface area contributed by atoms with Gasteiger partial charge in [-0.3, -0.25) is 10.1 Å². The van der Waals surface area contributed by atoms with Crippen LogP contribution in [0.1, 0.15) is 11.1 Å². The number of nitrogens with zero attached hydrogens (tertiary/aromatic N) is 1. The Hall–Kier alpha value is -2.47. The lowest BCUT2D eigenvalue weighted by atomic mass is 10.1. The highest BCUT2D eigenvalue weighted by Gasteiger charge is 2.15. The van der Waals surface area contributed by atoms with E-state index in [2.05, 4.69) is 5.32 Å². The van der Waals surface area contributed by atoms with Gasteiger partial charge in [-0.1, -0.05) is 12.1 Å². The minimum atomic E-state index is -0.915. The van der Waals surface area contributed by atoms with Crippen molar-refractivity contribution >= 4 is 5.69 Å². The lowest BCUT2D eigenvalue weighted by molar-refractivity contribution is -0.387. The molecule has 0 spiro atoms. The van der Waals surface area contributed by atoms with E-state index in [1.165, 1.54) is 6.07 Å². The first-order valence-corrected chi connectivity index (χ1v) is 6.37. The van der Waals surface area contributed by atoms with Crippen molar-refractivity contribution in [1.82, 2.24) is 5.32 Å². The van der Waals surface area contributed by atoms with Gasteiger partial charge in [0.2, 0.25) is 5.82 Å². The van der Waals surface area contributed by atoms with Crippen LogP contribution < -0.4 is 10.1 Å². The minimum Gasteiger partial charge on any atom is -0.457 e. The first-order valence-electron chi connectivity index (χ1n) is 6.37. The molecule has 2 aromatic rings. The van der Waals surface area contributed by atoms with E-state index in [4.69, 9.17) is 4.74 Å². The van der Waals surface area contributed by atoms with Crippen LogP contribution in [0.3, 0.4) is 0 Å². The standard InChI is InChI=1S/C15H15FN2O3/c1-10-3-4-11(9-17-2)7-15(10)21-12-5-6-14(18(19)20)13(16)8-12/h3-8,17H,9H2,1-2H3. The van der Waals surface area contributed by atoms with Crippen molar-refractivity contribution in [3.63, 3.8) is 0 Å². The van der Waals surface area contributed by atoms with E-state index >= 15 is 0 Å². The Balaban J connectivity index is 2.27. The summed E-state index contributed by atoms with van der Waals surface area (Å²) in [6, 6.07) is 9.22. The van der Waals surface area contributed by atoms with Gasteiger partial charge in [-0.25, -0.2) is 0 Å². The molecule has 0 fully saturated rings. The lowest BCUT2D eigenvalue weighted by Crippen LogP contribution is -2.05. The highest BCUT2D eigenvalue weighted by molar-refractivity contribution is 5.43. The monoisotopic (exact) mass is 290 g/mol. The zero-order valence-electron chi connectivity index (χ0n) is 11.7. The molecule has 0 radical (unpaired) electrons. The zero-order valence-corrected chi connectivity index (χ0v) is 11.7. The normalized spacial score (nSPS) is 10.4. The molecular formula is C15H15FN2O3. The number of hydrogen-bond donors (Lipinski definition) is 1. The number of ether oxygens (including phenoxy) is 1. The Kier molecular flexibility index (Phi) is 4.49. The van der Waals surface area contributed by atoms with Gasteiger partial charge in [-0.15, -0.1) is 0 Å². The summed E-state index contributed by atoms with van der Waals surface area (Å²) in [6.45, 7) is 2.56. The second kappa shape index (κ2) is 6.32. The van der Waals surface area contributed by atoms with Crippen molar-refractivity contribution in [1.29, 1.82) is 0 Å². The van der Waals surface area contributed by atoms with Crippen LogP contribution in [0.5, 0.6) is 11.5 Å². The van der Waals surface area contributed by atoms with Gasteiger partial charge in [0.25, 0.3) is 0 Å². The summed E-state index contributed by atoms with van der Waals surface area (Å²) >= 11 is 0. The zero-order chi connectivity index (χ0) is 15.4. The average molecular weight is 290 g/mol. The second-order valence-corrected chi connectivity index (χ2v) is 4.60. The SMILES string of the molecule is CNCc1ccc(C)c(Oc2ccc([N+](=O)[O-])c(F)c2)c1. The fourth-order valence-corrected chi connectivity index (χ4v) is 1.89. The van der Waals surface area contributed by atoms with Gasteiger partial charge in [0.15, 0.2) is 0 Å². The van der Waals surface area contributed by atoms with Gasteiger partial charge in [0.1, 0.15) is 11.5 Å². The molecule has 0 unspecified atom stereocenters. The van der Waals surface area contributed by atoms with Crippen molar-refractivity contribution < 1.29 is 14.1 Å². The van der Waals surface area contributed by atoms with E-state index in [0.29, 0.717) is 12.3 Å². The largest absolute Gasteiger partial charge is 0.457 e. The van der Waals surface area contributed by atoms with E-state index in [9.17, 15) is 14.5 Å². The van der Waals surface area contributed by atoms with Crippen LogP contribution in [0, 0.1) is 22.9 Å². The van der Waals surface area contributed by atoms with Crippen molar-refractivity contribution in [2.75, 3.05) is 7.05 Å². The number of halogens is 1. The third kappa shape index (κ3) is 3.55. The quantitative estimate of drug-likeness (QED) is 0.675.